The Balaban J connectivity index is 4.50. The maximum Gasteiger partial charge on any atom is 0.306 e. The zero-order chi connectivity index (χ0) is 46.5. The van der Waals surface area contributed by atoms with Gasteiger partial charge in [0, 0.05) is 19.3 Å². The quantitative estimate of drug-likeness (QED) is 0.0199. The van der Waals surface area contributed by atoms with E-state index in [0.29, 0.717) is 19.3 Å². The predicted octanol–water partition coefficient (Wildman–Crippen LogP) is 17.1. The molecule has 1 unspecified atom stereocenters. The second-order valence-electron chi connectivity index (χ2n) is 16.8. The van der Waals surface area contributed by atoms with Crippen molar-refractivity contribution in [3.8, 4) is 0 Å². The molecule has 0 aromatic carbocycles. The standard InChI is InChI=1S/C58H94O6/c1-4-7-10-13-16-19-22-25-28-31-33-36-39-42-45-48-51-57(60)63-54-55(64-58(61)52-49-46-43-40-37-34-30-27-24-21-18-15-12-9-6-3)53-62-56(59)50-47-44-41-38-35-32-29-26-23-20-17-14-11-8-5-2/h8-9,11-12,14-15,17-18,20-21,23-24,26-31,55H,4-7,10,13,16,19,22,25,32-54H2,1-3H3/b11-8-,12-9-,17-14-,18-15-,23-20-,24-21-,29-26-,30-27-,31-28-. The summed E-state index contributed by atoms with van der Waals surface area (Å²) in [6, 6.07) is 0. The highest BCUT2D eigenvalue weighted by molar-refractivity contribution is 5.71. The fourth-order valence-electron chi connectivity index (χ4n) is 6.81. The summed E-state index contributed by atoms with van der Waals surface area (Å²) in [4.78, 5) is 38.0. The Morgan fingerprint density at radius 1 is 0.328 bits per heavy atom. The SMILES string of the molecule is CC\C=C/C=C\C=C/C=C\CCCCCCCC(=O)OCC(COC(=O)CCCCCCC/C=C\CCCCCCCCC)OC(=O)CCCCCCC\C=C/C=C\C=C/C=C\CC. The summed E-state index contributed by atoms with van der Waals surface area (Å²) in [6.45, 7) is 6.30. The lowest BCUT2D eigenvalue weighted by atomic mass is 10.1. The van der Waals surface area contributed by atoms with Crippen molar-refractivity contribution in [3.05, 3.63) is 109 Å². The topological polar surface area (TPSA) is 78.9 Å². The van der Waals surface area contributed by atoms with Gasteiger partial charge in [-0.15, -0.1) is 0 Å². The summed E-state index contributed by atoms with van der Waals surface area (Å²) in [5.41, 5.74) is 0. The molecule has 0 spiro atoms. The van der Waals surface area contributed by atoms with E-state index >= 15 is 0 Å². The van der Waals surface area contributed by atoms with E-state index in [1.807, 2.05) is 48.6 Å². The predicted molar refractivity (Wildman–Crippen MR) is 274 cm³/mol. The Hall–Kier alpha value is -3.93. The number of carbonyl (C=O) groups is 3. The number of allylic oxidation sites excluding steroid dienone is 18. The molecule has 0 aromatic heterocycles. The highest BCUT2D eigenvalue weighted by atomic mass is 16.6. The van der Waals surface area contributed by atoms with Crippen molar-refractivity contribution in [3.63, 3.8) is 0 Å². The number of ether oxygens (including phenoxy) is 3. The molecule has 0 N–H and O–H groups in total. The molecule has 0 heterocycles. The molecule has 0 fully saturated rings. The van der Waals surface area contributed by atoms with Crippen LogP contribution in [0, 0.1) is 0 Å². The molecule has 0 bridgehead atoms. The summed E-state index contributed by atoms with van der Waals surface area (Å²) < 4.78 is 16.8. The average molecular weight is 887 g/mol. The molecule has 0 saturated heterocycles. The molecular weight excluding hydrogens is 793 g/mol. The van der Waals surface area contributed by atoms with Crippen molar-refractivity contribution in [2.75, 3.05) is 13.2 Å². The van der Waals surface area contributed by atoms with Gasteiger partial charge < -0.3 is 14.2 Å². The van der Waals surface area contributed by atoms with E-state index in [1.54, 1.807) is 0 Å². The van der Waals surface area contributed by atoms with Gasteiger partial charge >= 0.3 is 17.9 Å². The van der Waals surface area contributed by atoms with Gasteiger partial charge in [-0.1, -0.05) is 226 Å². The van der Waals surface area contributed by atoms with E-state index in [4.69, 9.17) is 14.2 Å². The number of rotatable bonds is 45. The van der Waals surface area contributed by atoms with Gasteiger partial charge in [0.1, 0.15) is 13.2 Å². The minimum atomic E-state index is -0.805. The molecule has 362 valence electrons. The average Bonchev–Trinajstić information content (AvgIpc) is 3.29. The number of hydrogen-bond donors (Lipinski definition) is 0. The lowest BCUT2D eigenvalue weighted by Gasteiger charge is -2.18. The van der Waals surface area contributed by atoms with Crippen molar-refractivity contribution in [2.45, 2.75) is 226 Å². The van der Waals surface area contributed by atoms with Crippen LogP contribution in [0.1, 0.15) is 220 Å². The van der Waals surface area contributed by atoms with Gasteiger partial charge in [0.15, 0.2) is 6.10 Å². The first-order chi connectivity index (χ1) is 31.5. The highest BCUT2D eigenvalue weighted by Gasteiger charge is 2.19. The first-order valence-corrected chi connectivity index (χ1v) is 26.0. The van der Waals surface area contributed by atoms with E-state index in [2.05, 4.69) is 81.5 Å². The normalized spacial score (nSPS) is 13.0. The van der Waals surface area contributed by atoms with Crippen LogP contribution in [0.3, 0.4) is 0 Å². The molecule has 1 atom stereocenters. The highest BCUT2D eigenvalue weighted by Crippen LogP contribution is 2.14. The summed E-state index contributed by atoms with van der Waals surface area (Å²) >= 11 is 0. The smallest absolute Gasteiger partial charge is 0.306 e. The van der Waals surface area contributed by atoms with Crippen LogP contribution in [0.2, 0.25) is 0 Å². The Morgan fingerprint density at radius 2 is 0.625 bits per heavy atom. The van der Waals surface area contributed by atoms with Crippen LogP contribution in [0.5, 0.6) is 0 Å². The van der Waals surface area contributed by atoms with Crippen molar-refractivity contribution >= 4 is 17.9 Å². The van der Waals surface area contributed by atoms with Crippen LogP contribution < -0.4 is 0 Å². The third kappa shape index (κ3) is 49.1. The van der Waals surface area contributed by atoms with Crippen molar-refractivity contribution in [2.24, 2.45) is 0 Å². The molecule has 64 heavy (non-hydrogen) atoms. The van der Waals surface area contributed by atoms with Crippen LogP contribution in [-0.4, -0.2) is 37.2 Å². The molecule has 0 saturated carbocycles. The Kier molecular flexibility index (Phi) is 48.5. The van der Waals surface area contributed by atoms with Gasteiger partial charge in [-0.25, -0.2) is 0 Å². The number of esters is 3. The van der Waals surface area contributed by atoms with Gasteiger partial charge in [0.05, 0.1) is 0 Å². The maximum atomic E-state index is 12.8. The summed E-state index contributed by atoms with van der Waals surface area (Å²) in [5.74, 6) is -0.962. The Bertz CT molecular complexity index is 1340. The summed E-state index contributed by atoms with van der Waals surface area (Å²) in [5, 5.41) is 0. The van der Waals surface area contributed by atoms with E-state index in [1.165, 1.54) is 57.8 Å². The zero-order valence-corrected chi connectivity index (χ0v) is 41.3. The van der Waals surface area contributed by atoms with E-state index in [0.717, 1.165) is 122 Å². The van der Waals surface area contributed by atoms with E-state index < -0.39 is 6.10 Å². The van der Waals surface area contributed by atoms with Crippen molar-refractivity contribution in [1.29, 1.82) is 0 Å². The van der Waals surface area contributed by atoms with Crippen LogP contribution in [0.25, 0.3) is 0 Å². The van der Waals surface area contributed by atoms with Gasteiger partial charge in [0.25, 0.3) is 0 Å². The van der Waals surface area contributed by atoms with Crippen molar-refractivity contribution < 1.29 is 28.6 Å². The fraction of sp³-hybridized carbons (Fsp3) is 0.638. The van der Waals surface area contributed by atoms with Gasteiger partial charge in [0.2, 0.25) is 0 Å². The van der Waals surface area contributed by atoms with Crippen LogP contribution in [-0.2, 0) is 28.6 Å². The molecule has 0 aromatic rings. The molecule has 0 aliphatic carbocycles. The Labute approximate surface area is 393 Å². The molecule has 0 radical (unpaired) electrons. The third-order valence-electron chi connectivity index (χ3n) is 10.7. The van der Waals surface area contributed by atoms with Crippen LogP contribution in [0.4, 0.5) is 0 Å². The molecule has 0 aliphatic heterocycles. The number of carbonyl (C=O) groups excluding carboxylic acids is 3. The van der Waals surface area contributed by atoms with Gasteiger partial charge in [-0.05, 0) is 83.5 Å². The van der Waals surface area contributed by atoms with Gasteiger partial charge in [-0.2, -0.15) is 0 Å². The number of hydrogen-bond acceptors (Lipinski definition) is 6. The molecular formula is C58H94O6. The zero-order valence-electron chi connectivity index (χ0n) is 41.3. The fourth-order valence-corrected chi connectivity index (χ4v) is 6.81. The minimum Gasteiger partial charge on any atom is -0.462 e. The van der Waals surface area contributed by atoms with E-state index in [9.17, 15) is 14.4 Å². The molecule has 0 aliphatic rings. The third-order valence-corrected chi connectivity index (χ3v) is 10.7. The minimum absolute atomic E-state index is 0.102. The second kappa shape index (κ2) is 51.7. The maximum absolute atomic E-state index is 12.8. The monoisotopic (exact) mass is 887 g/mol. The van der Waals surface area contributed by atoms with Crippen molar-refractivity contribution in [1.82, 2.24) is 0 Å². The second-order valence-corrected chi connectivity index (χ2v) is 16.8. The lowest BCUT2D eigenvalue weighted by molar-refractivity contribution is -0.167. The Morgan fingerprint density at radius 3 is 1.00 bits per heavy atom. The molecule has 0 amide bonds. The van der Waals surface area contributed by atoms with Crippen LogP contribution >= 0.6 is 0 Å². The molecule has 0 rings (SSSR count). The first kappa shape index (κ1) is 60.1. The summed E-state index contributed by atoms with van der Waals surface area (Å²) in [6.07, 6.45) is 69.2. The van der Waals surface area contributed by atoms with Crippen LogP contribution in [0.15, 0.2) is 109 Å². The molecule has 6 heteroatoms. The lowest BCUT2D eigenvalue weighted by Crippen LogP contribution is -2.30. The largest absolute Gasteiger partial charge is 0.462 e. The number of unbranched alkanes of at least 4 members (excludes halogenated alkanes) is 22. The molecule has 6 nitrogen and oxygen atoms in total. The van der Waals surface area contributed by atoms with E-state index in [-0.39, 0.29) is 31.1 Å². The summed E-state index contributed by atoms with van der Waals surface area (Å²) in [7, 11) is 0. The van der Waals surface area contributed by atoms with Gasteiger partial charge in [-0.3, -0.25) is 14.4 Å². The first-order valence-electron chi connectivity index (χ1n) is 26.0.